The Balaban J connectivity index is -0.00000159. The molecule has 0 spiro atoms. The molecule has 0 unspecified atom stereocenters. The van der Waals surface area contributed by atoms with Gasteiger partial charge in [-0.25, -0.2) is 4.79 Å². The molecular weight excluding hydrogens is 478 g/mol. The van der Waals surface area contributed by atoms with Gasteiger partial charge in [0.2, 0.25) is 0 Å². The number of carbonyl (C=O) groups excluding carboxylic acids is 1. The van der Waals surface area contributed by atoms with Crippen LogP contribution in [-0.4, -0.2) is 42.9 Å². The van der Waals surface area contributed by atoms with Crippen LogP contribution in [0.15, 0.2) is 48.1 Å². The molecule has 0 saturated heterocycles. The van der Waals surface area contributed by atoms with Crippen LogP contribution in [0.4, 0.5) is 4.79 Å². The molecule has 7 nitrogen and oxygen atoms in total. The maximum absolute atomic E-state index is 12.7. The van der Waals surface area contributed by atoms with Crippen molar-refractivity contribution in [1.29, 1.82) is 0 Å². The van der Waals surface area contributed by atoms with Crippen LogP contribution in [0.2, 0.25) is 0 Å². The summed E-state index contributed by atoms with van der Waals surface area (Å²) in [6.07, 6.45) is 7.66. The summed E-state index contributed by atoms with van der Waals surface area (Å²) in [5.74, 6) is 1.33. The van der Waals surface area contributed by atoms with Gasteiger partial charge in [0.05, 0.1) is 13.7 Å². The summed E-state index contributed by atoms with van der Waals surface area (Å²) < 4.78 is 11.2. The van der Waals surface area contributed by atoms with Crippen molar-refractivity contribution in [3.05, 3.63) is 59.2 Å². The number of benzene rings is 1. The summed E-state index contributed by atoms with van der Waals surface area (Å²) in [5.41, 5.74) is 7.83. The molecule has 1 aromatic rings. The summed E-state index contributed by atoms with van der Waals surface area (Å²) in [6.45, 7) is 21.6. The van der Waals surface area contributed by atoms with E-state index < -0.39 is 0 Å². The summed E-state index contributed by atoms with van der Waals surface area (Å²) in [5, 5.41) is 10.6. The highest BCUT2D eigenvalue weighted by Crippen LogP contribution is 2.17. The molecule has 1 rings (SSSR count). The minimum absolute atomic E-state index is 0.151. The Morgan fingerprint density at radius 3 is 2.05 bits per heavy atom. The second-order valence-electron chi connectivity index (χ2n) is 8.58. The number of amides is 2. The third-order valence-electron chi connectivity index (χ3n) is 4.93. The Morgan fingerprint density at radius 1 is 1.05 bits per heavy atom. The average Bonchev–Trinajstić information content (AvgIpc) is 2.92. The van der Waals surface area contributed by atoms with Gasteiger partial charge in [0.25, 0.3) is 0 Å². The molecule has 7 heteroatoms. The van der Waals surface area contributed by atoms with Crippen LogP contribution >= 0.6 is 0 Å². The Labute approximate surface area is 234 Å². The van der Waals surface area contributed by atoms with Gasteiger partial charge in [-0.15, -0.1) is 0 Å². The Morgan fingerprint density at radius 2 is 1.61 bits per heavy atom. The number of allylic oxidation sites excluding steroid dienone is 2. The first-order valence-electron chi connectivity index (χ1n) is 14.2. The van der Waals surface area contributed by atoms with E-state index in [1.54, 1.807) is 31.2 Å². The molecule has 38 heavy (non-hydrogen) atoms. The lowest BCUT2D eigenvalue weighted by molar-refractivity contribution is 0.183. The highest BCUT2D eigenvalue weighted by Gasteiger charge is 2.14. The Kier molecular flexibility index (Phi) is 27.5. The van der Waals surface area contributed by atoms with Crippen molar-refractivity contribution in [2.75, 3.05) is 26.9 Å². The molecule has 222 valence electrons. The molecule has 0 fully saturated rings. The fraction of sp³-hybridized carbons (Fsp3) is 0.645. The fourth-order valence-electron chi connectivity index (χ4n) is 2.88. The number of ether oxygens (including phenoxy) is 2. The predicted octanol–water partition coefficient (Wildman–Crippen LogP) is 7.45. The predicted molar refractivity (Wildman–Crippen MR) is 163 cm³/mol. The zero-order valence-electron chi connectivity index (χ0n) is 26.3. The zero-order chi connectivity index (χ0) is 30.0. The number of hydrogen-bond donors (Lipinski definition) is 3. The third-order valence-corrected chi connectivity index (χ3v) is 4.93. The highest BCUT2D eigenvalue weighted by atomic mass is 16.5. The van der Waals surface area contributed by atoms with Crippen LogP contribution in [0.25, 0.3) is 0 Å². The van der Waals surface area contributed by atoms with E-state index in [1.807, 2.05) is 79.7 Å². The molecule has 0 bridgehead atoms. The minimum Gasteiger partial charge on any atom is -0.498 e. The summed E-state index contributed by atoms with van der Waals surface area (Å²) in [4.78, 5) is 14.4. The molecule has 0 aromatic heterocycles. The maximum Gasteiger partial charge on any atom is 0.321 e. The lowest BCUT2D eigenvalue weighted by Gasteiger charge is -2.20. The number of aliphatic hydroxyl groups excluding tert-OH is 1. The maximum atomic E-state index is 12.7. The molecule has 2 amide bonds. The molecule has 0 radical (unpaired) electrons. The lowest BCUT2D eigenvalue weighted by Crippen LogP contribution is -2.36. The molecule has 0 atom stereocenters. The average molecular weight is 538 g/mol. The van der Waals surface area contributed by atoms with E-state index in [0.717, 1.165) is 36.8 Å². The molecular formula is C31H59N3O4. The number of nitrogens with two attached hydrogens (primary N) is 1. The van der Waals surface area contributed by atoms with E-state index in [2.05, 4.69) is 12.2 Å². The van der Waals surface area contributed by atoms with Crippen molar-refractivity contribution in [1.82, 2.24) is 10.2 Å². The number of nitrogens with one attached hydrogen (secondary N) is 1. The van der Waals surface area contributed by atoms with Crippen molar-refractivity contribution in [2.45, 2.75) is 107 Å². The summed E-state index contributed by atoms with van der Waals surface area (Å²) >= 11 is 0. The van der Waals surface area contributed by atoms with Crippen LogP contribution < -0.4 is 11.1 Å². The normalized spacial score (nSPS) is 11.0. The van der Waals surface area contributed by atoms with Gasteiger partial charge >= 0.3 is 6.03 Å². The van der Waals surface area contributed by atoms with Crippen LogP contribution in [0.1, 0.15) is 106 Å². The van der Waals surface area contributed by atoms with Gasteiger partial charge in [0, 0.05) is 37.5 Å². The summed E-state index contributed by atoms with van der Waals surface area (Å²) in [7, 11) is 1.62. The highest BCUT2D eigenvalue weighted by molar-refractivity contribution is 5.75. The van der Waals surface area contributed by atoms with Gasteiger partial charge in [0.1, 0.15) is 5.76 Å². The molecule has 0 aliphatic heterocycles. The van der Waals surface area contributed by atoms with Gasteiger partial charge in [-0.3, -0.25) is 0 Å². The standard InChI is InChI=1S/C25H41N3O3.C2H6O.2C2H6/c1-7-9-10-18-31-23(20(3)30-6)15-17-28(16-8-2)24(29)27-19-21-11-13-22(14-12-21)25(4,5)26;1-2-3;2*1-2/h11-15,17H,7-10,16,18-19,26H2,1-6H3,(H,27,29);3H,2H2,1H3;2*1-2H3/b17-15+,23-20-;;;. The van der Waals surface area contributed by atoms with E-state index in [9.17, 15) is 4.79 Å². The topological polar surface area (TPSA) is 97.1 Å². The molecule has 0 saturated carbocycles. The smallest absolute Gasteiger partial charge is 0.321 e. The quantitative estimate of drug-likeness (QED) is 0.138. The Bertz CT molecular complexity index is 738. The van der Waals surface area contributed by atoms with Crippen LogP contribution in [0.5, 0.6) is 0 Å². The number of unbranched alkanes of at least 4 members (excludes halogenated alkanes) is 2. The second kappa shape index (κ2) is 26.1. The lowest BCUT2D eigenvalue weighted by atomic mass is 9.95. The largest absolute Gasteiger partial charge is 0.498 e. The second-order valence-corrected chi connectivity index (χ2v) is 8.58. The molecule has 0 aliphatic carbocycles. The van der Waals surface area contributed by atoms with Gasteiger partial charge in [0.15, 0.2) is 5.76 Å². The number of aliphatic hydroxyl groups is 1. The van der Waals surface area contributed by atoms with Crippen molar-refractivity contribution in [3.8, 4) is 0 Å². The Hall–Kier alpha value is -2.51. The monoisotopic (exact) mass is 537 g/mol. The fourth-order valence-corrected chi connectivity index (χ4v) is 2.88. The van der Waals surface area contributed by atoms with E-state index >= 15 is 0 Å². The van der Waals surface area contributed by atoms with Crippen molar-refractivity contribution in [2.24, 2.45) is 5.73 Å². The van der Waals surface area contributed by atoms with E-state index in [0.29, 0.717) is 31.2 Å². The first-order valence-corrected chi connectivity index (χ1v) is 14.2. The van der Waals surface area contributed by atoms with Crippen molar-refractivity contribution < 1.29 is 19.4 Å². The van der Waals surface area contributed by atoms with E-state index in [4.69, 9.17) is 20.3 Å². The number of hydrogen-bond acceptors (Lipinski definition) is 5. The van der Waals surface area contributed by atoms with Crippen LogP contribution in [0, 0.1) is 0 Å². The van der Waals surface area contributed by atoms with E-state index in [-0.39, 0.29) is 18.2 Å². The van der Waals surface area contributed by atoms with Gasteiger partial charge < -0.3 is 30.5 Å². The SMILES string of the molecule is CC.CC.CCCCCOC(/C=C/N(CCC)C(=O)NCc1ccc(C(C)(C)N)cc1)=C(/C)OC.CCO. The number of nitrogens with zero attached hydrogens (tertiary/aromatic N) is 1. The van der Waals surface area contributed by atoms with Gasteiger partial charge in [-0.05, 0) is 51.7 Å². The third kappa shape index (κ3) is 19.6. The zero-order valence-corrected chi connectivity index (χ0v) is 26.3. The minimum atomic E-state index is -0.380. The molecule has 0 aliphatic rings. The van der Waals surface area contributed by atoms with Gasteiger partial charge in [-0.1, -0.05) is 78.6 Å². The first kappa shape index (κ1) is 40.0. The first-order chi connectivity index (χ1) is 18.1. The number of carbonyl (C=O) groups is 1. The van der Waals surface area contributed by atoms with Crippen molar-refractivity contribution >= 4 is 6.03 Å². The van der Waals surface area contributed by atoms with Crippen molar-refractivity contribution in [3.63, 3.8) is 0 Å². The molecule has 1 aromatic carbocycles. The summed E-state index contributed by atoms with van der Waals surface area (Å²) in [6, 6.07) is 7.85. The number of rotatable bonds is 13. The molecule has 4 N–H and O–H groups in total. The van der Waals surface area contributed by atoms with Crippen LogP contribution in [0.3, 0.4) is 0 Å². The van der Waals surface area contributed by atoms with Crippen LogP contribution in [-0.2, 0) is 21.6 Å². The molecule has 0 heterocycles. The van der Waals surface area contributed by atoms with Gasteiger partial charge in [-0.2, -0.15) is 0 Å². The number of urea groups is 1. The van der Waals surface area contributed by atoms with E-state index in [1.165, 1.54) is 0 Å². The number of methoxy groups -OCH3 is 1.